The highest BCUT2D eigenvalue weighted by molar-refractivity contribution is 7.73. The van der Waals surface area contributed by atoms with Crippen molar-refractivity contribution in [1.82, 2.24) is 0 Å². The van der Waals surface area contributed by atoms with Crippen molar-refractivity contribution in [2.45, 2.75) is 0 Å². The van der Waals surface area contributed by atoms with Gasteiger partial charge in [-0.15, -0.1) is 0 Å². The molecule has 0 saturated carbocycles. The zero-order valence-electron chi connectivity index (χ0n) is 15.6. The second kappa shape index (κ2) is 9.26. The number of aliphatic imine (C=N–C) groups is 1. The van der Waals surface area contributed by atoms with Crippen LogP contribution in [0.25, 0.3) is 0 Å². The Morgan fingerprint density at radius 1 is 0.536 bits per heavy atom. The molecule has 136 valence electrons. The molecule has 0 aliphatic carbocycles. The van der Waals surface area contributed by atoms with Crippen LogP contribution < -0.4 is 10.6 Å². The van der Waals surface area contributed by atoms with Gasteiger partial charge in [0.1, 0.15) is 0 Å². The van der Waals surface area contributed by atoms with Gasteiger partial charge in [-0.05, 0) is 36.2 Å². The van der Waals surface area contributed by atoms with Gasteiger partial charge in [0, 0.05) is 6.16 Å². The summed E-state index contributed by atoms with van der Waals surface area (Å²) >= 11 is 0. The third-order valence-corrected chi connectivity index (χ3v) is 7.03. The maximum absolute atomic E-state index is 5.05. The summed E-state index contributed by atoms with van der Waals surface area (Å²) in [7, 11) is -0.541. The van der Waals surface area contributed by atoms with Crippen molar-refractivity contribution >= 4 is 29.9 Å². The average Bonchev–Trinajstić information content (AvgIpc) is 2.79. The van der Waals surface area contributed by atoms with E-state index in [1.807, 2.05) is 18.2 Å². The van der Waals surface area contributed by atoms with E-state index in [4.69, 9.17) is 4.99 Å². The molecule has 0 unspecified atom stereocenters. The zero-order chi connectivity index (χ0) is 19.0. The molecule has 0 N–H and O–H groups in total. The summed E-state index contributed by atoms with van der Waals surface area (Å²) in [4.78, 5) is 5.05. The minimum atomic E-state index is -0.541. The molecule has 4 aromatic rings. The van der Waals surface area contributed by atoms with Gasteiger partial charge in [0.15, 0.2) is 0 Å². The Hall–Kier alpha value is -3.02. The van der Waals surface area contributed by atoms with E-state index in [9.17, 15) is 0 Å². The number of hydrogen-bond donors (Lipinski definition) is 0. The van der Waals surface area contributed by atoms with Crippen LogP contribution in [0.1, 0.15) is 5.56 Å². The first kappa shape index (κ1) is 18.3. The molecule has 0 aromatic heterocycles. The first-order valence-corrected chi connectivity index (χ1v) is 11.0. The molecule has 0 amide bonds. The lowest BCUT2D eigenvalue weighted by molar-refractivity contribution is 1.48. The first-order valence-electron chi connectivity index (χ1n) is 9.46. The fraction of sp³-hybridized carbons (Fsp3) is 0.0385. The van der Waals surface area contributed by atoms with Gasteiger partial charge < -0.3 is 0 Å². The summed E-state index contributed by atoms with van der Waals surface area (Å²) in [5.74, 6) is 0. The molecule has 0 fully saturated rings. The molecule has 0 aliphatic rings. The van der Waals surface area contributed by atoms with Crippen molar-refractivity contribution in [3.05, 3.63) is 127 Å². The lowest BCUT2D eigenvalue weighted by Gasteiger charge is -2.20. The molecule has 2 heteroatoms. The van der Waals surface area contributed by atoms with E-state index in [-0.39, 0.29) is 0 Å². The predicted molar refractivity (Wildman–Crippen MR) is 123 cm³/mol. The minimum Gasteiger partial charge on any atom is -0.252 e. The van der Waals surface area contributed by atoms with Gasteiger partial charge in [-0.3, -0.25) is 4.99 Å². The standard InChI is InChI=1S/C26H22NP/c1-5-13-22(14-6-1)26(27-23-15-7-2-8-16-23)21-28(24-17-9-3-10-18-24)25-19-11-4-12-20-25/h1-20H,21H2. The monoisotopic (exact) mass is 379 g/mol. The highest BCUT2D eigenvalue weighted by Crippen LogP contribution is 2.35. The lowest BCUT2D eigenvalue weighted by atomic mass is 10.1. The Kier molecular flexibility index (Phi) is 6.07. The summed E-state index contributed by atoms with van der Waals surface area (Å²) in [6.45, 7) is 0. The molecular weight excluding hydrogens is 357 g/mol. The van der Waals surface area contributed by atoms with Gasteiger partial charge in [0.05, 0.1) is 11.4 Å². The number of para-hydroxylation sites is 1. The van der Waals surface area contributed by atoms with E-state index in [1.165, 1.54) is 16.2 Å². The van der Waals surface area contributed by atoms with Gasteiger partial charge >= 0.3 is 0 Å². The summed E-state index contributed by atoms with van der Waals surface area (Å²) in [5, 5.41) is 2.75. The number of rotatable bonds is 6. The number of benzene rings is 4. The van der Waals surface area contributed by atoms with E-state index >= 15 is 0 Å². The van der Waals surface area contributed by atoms with E-state index < -0.39 is 7.92 Å². The van der Waals surface area contributed by atoms with Crippen molar-refractivity contribution in [3.8, 4) is 0 Å². The molecule has 28 heavy (non-hydrogen) atoms. The number of hydrogen-bond acceptors (Lipinski definition) is 1. The molecule has 4 aromatic carbocycles. The Labute approximate surface area is 168 Å². The Morgan fingerprint density at radius 3 is 1.46 bits per heavy atom. The van der Waals surface area contributed by atoms with Gasteiger partial charge in [0.2, 0.25) is 0 Å². The molecule has 0 bridgehead atoms. The van der Waals surface area contributed by atoms with Crippen LogP contribution in [-0.2, 0) is 0 Å². The maximum atomic E-state index is 5.05. The highest BCUT2D eigenvalue weighted by atomic mass is 31.1. The normalized spacial score (nSPS) is 11.5. The second-order valence-electron chi connectivity index (χ2n) is 6.52. The SMILES string of the molecule is c1ccc(N=C(CP(c2ccccc2)c2ccccc2)c2ccccc2)cc1. The summed E-state index contributed by atoms with van der Waals surface area (Å²) in [5.41, 5.74) is 3.31. The van der Waals surface area contributed by atoms with E-state index in [0.717, 1.165) is 17.6 Å². The lowest BCUT2D eigenvalue weighted by Crippen LogP contribution is -2.19. The largest absolute Gasteiger partial charge is 0.252 e. The van der Waals surface area contributed by atoms with Crippen LogP contribution in [0.3, 0.4) is 0 Å². The smallest absolute Gasteiger partial charge is 0.0633 e. The van der Waals surface area contributed by atoms with Crippen LogP contribution in [0.4, 0.5) is 5.69 Å². The maximum Gasteiger partial charge on any atom is 0.0633 e. The van der Waals surface area contributed by atoms with Crippen LogP contribution in [0.15, 0.2) is 126 Å². The third kappa shape index (κ3) is 4.63. The Balaban J connectivity index is 1.78. The van der Waals surface area contributed by atoms with Crippen molar-refractivity contribution < 1.29 is 0 Å². The molecule has 0 heterocycles. The van der Waals surface area contributed by atoms with Gasteiger partial charge in [-0.25, -0.2) is 0 Å². The van der Waals surface area contributed by atoms with Crippen molar-refractivity contribution in [1.29, 1.82) is 0 Å². The van der Waals surface area contributed by atoms with Crippen LogP contribution in [0.2, 0.25) is 0 Å². The van der Waals surface area contributed by atoms with Crippen molar-refractivity contribution in [2.75, 3.05) is 6.16 Å². The summed E-state index contributed by atoms with van der Waals surface area (Å²) in [6.07, 6.45) is 0.905. The summed E-state index contributed by atoms with van der Waals surface area (Å²) in [6, 6.07) is 42.4. The molecule has 0 radical (unpaired) electrons. The van der Waals surface area contributed by atoms with E-state index in [0.29, 0.717) is 0 Å². The fourth-order valence-corrected chi connectivity index (χ4v) is 5.46. The molecular formula is C26H22NP. The third-order valence-electron chi connectivity index (χ3n) is 4.57. The minimum absolute atomic E-state index is 0.541. The van der Waals surface area contributed by atoms with E-state index in [1.54, 1.807) is 0 Å². The van der Waals surface area contributed by atoms with E-state index in [2.05, 4.69) is 103 Å². The van der Waals surface area contributed by atoms with Crippen LogP contribution in [0, 0.1) is 0 Å². The Morgan fingerprint density at radius 2 is 0.964 bits per heavy atom. The molecule has 0 aliphatic heterocycles. The quantitative estimate of drug-likeness (QED) is 0.290. The molecule has 0 atom stereocenters. The Bertz CT molecular complexity index is 974. The number of nitrogens with zero attached hydrogens (tertiary/aromatic N) is 1. The summed E-state index contributed by atoms with van der Waals surface area (Å²) < 4.78 is 0. The topological polar surface area (TPSA) is 12.4 Å². The van der Waals surface area contributed by atoms with Crippen LogP contribution in [-0.4, -0.2) is 11.9 Å². The molecule has 1 nitrogen and oxygen atoms in total. The molecule has 4 rings (SSSR count). The second-order valence-corrected chi connectivity index (χ2v) is 8.72. The highest BCUT2D eigenvalue weighted by Gasteiger charge is 2.17. The van der Waals surface area contributed by atoms with Gasteiger partial charge in [-0.1, -0.05) is 109 Å². The van der Waals surface area contributed by atoms with Crippen LogP contribution >= 0.6 is 7.92 Å². The van der Waals surface area contributed by atoms with Gasteiger partial charge in [0.25, 0.3) is 0 Å². The molecule has 0 saturated heterocycles. The molecule has 0 spiro atoms. The van der Waals surface area contributed by atoms with Gasteiger partial charge in [-0.2, -0.15) is 0 Å². The van der Waals surface area contributed by atoms with Crippen molar-refractivity contribution in [2.24, 2.45) is 4.99 Å². The predicted octanol–water partition coefficient (Wildman–Crippen LogP) is 5.94. The average molecular weight is 379 g/mol. The zero-order valence-corrected chi connectivity index (χ0v) is 16.5. The van der Waals surface area contributed by atoms with Crippen molar-refractivity contribution in [3.63, 3.8) is 0 Å². The fourth-order valence-electron chi connectivity index (χ4n) is 3.18. The van der Waals surface area contributed by atoms with Crippen LogP contribution in [0.5, 0.6) is 0 Å². The first-order chi connectivity index (χ1) is 13.9.